The number of nitrogens with one attached hydrogen (secondary N) is 1. The molecule has 1 N–H and O–H groups in total. The molecule has 0 aliphatic carbocycles. The fourth-order valence-electron chi connectivity index (χ4n) is 1.41. The minimum Gasteiger partial charge on any atom is -0.381 e. The molecule has 0 saturated carbocycles. The lowest BCUT2D eigenvalue weighted by Crippen LogP contribution is -2.20. The Morgan fingerprint density at radius 2 is 2.33 bits per heavy atom. The van der Waals surface area contributed by atoms with E-state index in [0.29, 0.717) is 5.92 Å². The summed E-state index contributed by atoms with van der Waals surface area (Å²) >= 11 is 0. The predicted octanol–water partition coefficient (Wildman–Crippen LogP) is 1.50. The number of pyridine rings is 1. The molecule has 1 heterocycles. The highest BCUT2D eigenvalue weighted by Gasteiger charge is 2.00. The summed E-state index contributed by atoms with van der Waals surface area (Å²) in [4.78, 5) is 4.24. The molecule has 0 fully saturated rings. The third-order valence-corrected chi connectivity index (χ3v) is 2.18. The van der Waals surface area contributed by atoms with Crippen molar-refractivity contribution in [3.8, 4) is 0 Å². The van der Waals surface area contributed by atoms with Crippen molar-refractivity contribution in [2.45, 2.75) is 13.3 Å². The molecule has 15 heavy (non-hydrogen) atoms. The Balaban J connectivity index is 2.07. The number of rotatable bonds is 7. The first-order valence-corrected chi connectivity index (χ1v) is 5.45. The topological polar surface area (TPSA) is 34.1 Å². The maximum Gasteiger partial charge on any atom is 0.0521 e. The summed E-state index contributed by atoms with van der Waals surface area (Å²) in [5.41, 5.74) is 1.10. The van der Waals surface area contributed by atoms with Crippen LogP contribution in [0.1, 0.15) is 12.6 Å². The minimum atomic E-state index is 0.568. The highest BCUT2D eigenvalue weighted by molar-refractivity contribution is 5.03. The van der Waals surface area contributed by atoms with Crippen molar-refractivity contribution in [2.24, 2.45) is 5.92 Å². The third kappa shape index (κ3) is 5.50. The van der Waals surface area contributed by atoms with Gasteiger partial charge in [0.05, 0.1) is 13.2 Å². The zero-order valence-electron chi connectivity index (χ0n) is 9.57. The van der Waals surface area contributed by atoms with Gasteiger partial charge in [-0.15, -0.1) is 0 Å². The highest BCUT2D eigenvalue weighted by atomic mass is 16.5. The van der Waals surface area contributed by atoms with Gasteiger partial charge in [-0.2, -0.15) is 0 Å². The van der Waals surface area contributed by atoms with Gasteiger partial charge in [0.1, 0.15) is 0 Å². The first-order chi connectivity index (χ1) is 7.33. The van der Waals surface area contributed by atoms with Crippen LogP contribution in [-0.2, 0) is 11.2 Å². The van der Waals surface area contributed by atoms with E-state index in [1.54, 1.807) is 0 Å². The van der Waals surface area contributed by atoms with Crippen molar-refractivity contribution in [3.05, 3.63) is 30.1 Å². The molecule has 0 spiro atoms. The second-order valence-electron chi connectivity index (χ2n) is 3.81. The monoisotopic (exact) mass is 208 g/mol. The van der Waals surface area contributed by atoms with Gasteiger partial charge in [-0.3, -0.25) is 4.98 Å². The summed E-state index contributed by atoms with van der Waals surface area (Å²) < 4.78 is 5.57. The molecule has 0 bridgehead atoms. The van der Waals surface area contributed by atoms with E-state index in [1.165, 1.54) is 0 Å². The molecule has 1 unspecified atom stereocenters. The van der Waals surface area contributed by atoms with Crippen molar-refractivity contribution < 1.29 is 4.74 Å². The molecular formula is C12H20N2O. The molecule has 0 radical (unpaired) electrons. The molecule has 0 aliphatic heterocycles. The van der Waals surface area contributed by atoms with Gasteiger partial charge in [-0.1, -0.05) is 13.0 Å². The zero-order chi connectivity index (χ0) is 10.9. The number of aromatic nitrogens is 1. The summed E-state index contributed by atoms with van der Waals surface area (Å²) in [5.74, 6) is 0.568. The molecule has 0 amide bonds. The fourth-order valence-corrected chi connectivity index (χ4v) is 1.41. The summed E-state index contributed by atoms with van der Waals surface area (Å²) in [7, 11) is 1.96. The van der Waals surface area contributed by atoms with Crippen LogP contribution >= 0.6 is 0 Å². The Morgan fingerprint density at radius 1 is 1.47 bits per heavy atom. The average Bonchev–Trinajstić information content (AvgIpc) is 2.26. The lowest BCUT2D eigenvalue weighted by molar-refractivity contribution is 0.107. The SMILES string of the molecule is CNCC(C)COCCc1ccccn1. The fraction of sp³-hybridized carbons (Fsp3) is 0.583. The van der Waals surface area contributed by atoms with E-state index in [9.17, 15) is 0 Å². The van der Waals surface area contributed by atoms with E-state index in [2.05, 4.69) is 17.2 Å². The molecule has 3 heteroatoms. The molecule has 1 rings (SSSR count). The lowest BCUT2D eigenvalue weighted by Gasteiger charge is -2.10. The smallest absolute Gasteiger partial charge is 0.0521 e. The summed E-state index contributed by atoms with van der Waals surface area (Å²) in [5, 5.41) is 3.13. The van der Waals surface area contributed by atoms with Crippen molar-refractivity contribution >= 4 is 0 Å². The van der Waals surface area contributed by atoms with Crippen LogP contribution in [0.5, 0.6) is 0 Å². The Labute approximate surface area is 91.9 Å². The van der Waals surface area contributed by atoms with Gasteiger partial charge < -0.3 is 10.1 Å². The maximum atomic E-state index is 5.57. The number of ether oxygens (including phenoxy) is 1. The average molecular weight is 208 g/mol. The first kappa shape index (κ1) is 12.1. The Morgan fingerprint density at radius 3 is 3.00 bits per heavy atom. The van der Waals surface area contributed by atoms with Crippen LogP contribution in [-0.4, -0.2) is 31.8 Å². The third-order valence-electron chi connectivity index (χ3n) is 2.18. The van der Waals surface area contributed by atoms with Crippen LogP contribution < -0.4 is 5.32 Å². The summed E-state index contributed by atoms with van der Waals surface area (Å²) in [6, 6.07) is 5.96. The molecule has 3 nitrogen and oxygen atoms in total. The van der Waals surface area contributed by atoms with Gasteiger partial charge in [0.25, 0.3) is 0 Å². The van der Waals surface area contributed by atoms with Crippen LogP contribution in [0.2, 0.25) is 0 Å². The molecule has 0 aliphatic rings. The molecular weight excluding hydrogens is 188 g/mol. The van der Waals surface area contributed by atoms with Crippen LogP contribution in [0, 0.1) is 5.92 Å². The molecule has 0 saturated heterocycles. The van der Waals surface area contributed by atoms with Gasteiger partial charge in [0.15, 0.2) is 0 Å². The van der Waals surface area contributed by atoms with E-state index < -0.39 is 0 Å². The zero-order valence-corrected chi connectivity index (χ0v) is 9.57. The van der Waals surface area contributed by atoms with Crippen LogP contribution in [0.3, 0.4) is 0 Å². The Kier molecular flexibility index (Phi) is 5.97. The Hall–Kier alpha value is -0.930. The number of hydrogen-bond donors (Lipinski definition) is 1. The molecule has 0 aromatic carbocycles. The van der Waals surface area contributed by atoms with Crippen LogP contribution in [0.25, 0.3) is 0 Å². The summed E-state index contributed by atoms with van der Waals surface area (Å²) in [6.07, 6.45) is 2.71. The van der Waals surface area contributed by atoms with E-state index in [0.717, 1.165) is 31.9 Å². The largest absolute Gasteiger partial charge is 0.381 e. The van der Waals surface area contributed by atoms with Crippen LogP contribution in [0.15, 0.2) is 24.4 Å². The predicted molar refractivity (Wildman–Crippen MR) is 61.9 cm³/mol. The van der Waals surface area contributed by atoms with E-state index >= 15 is 0 Å². The van der Waals surface area contributed by atoms with Gasteiger partial charge in [-0.25, -0.2) is 0 Å². The molecule has 1 atom stereocenters. The molecule has 1 aromatic rings. The van der Waals surface area contributed by atoms with Gasteiger partial charge in [0, 0.05) is 18.3 Å². The van der Waals surface area contributed by atoms with Crippen molar-refractivity contribution in [2.75, 3.05) is 26.8 Å². The van der Waals surface area contributed by atoms with Gasteiger partial charge >= 0.3 is 0 Å². The van der Waals surface area contributed by atoms with Crippen molar-refractivity contribution in [3.63, 3.8) is 0 Å². The lowest BCUT2D eigenvalue weighted by atomic mass is 10.2. The quantitative estimate of drug-likeness (QED) is 0.689. The molecule has 1 aromatic heterocycles. The van der Waals surface area contributed by atoms with Gasteiger partial charge in [-0.05, 0) is 31.6 Å². The van der Waals surface area contributed by atoms with Crippen molar-refractivity contribution in [1.29, 1.82) is 0 Å². The minimum absolute atomic E-state index is 0.568. The first-order valence-electron chi connectivity index (χ1n) is 5.45. The van der Waals surface area contributed by atoms with Crippen LogP contribution in [0.4, 0.5) is 0 Å². The van der Waals surface area contributed by atoms with E-state index in [-0.39, 0.29) is 0 Å². The maximum absolute atomic E-state index is 5.57. The normalized spacial score (nSPS) is 12.7. The van der Waals surface area contributed by atoms with Crippen molar-refractivity contribution in [1.82, 2.24) is 10.3 Å². The summed E-state index contributed by atoms with van der Waals surface area (Å²) in [6.45, 7) is 4.75. The second kappa shape index (κ2) is 7.37. The van der Waals surface area contributed by atoms with E-state index in [1.807, 2.05) is 31.4 Å². The number of nitrogens with zero attached hydrogens (tertiary/aromatic N) is 1. The number of hydrogen-bond acceptors (Lipinski definition) is 3. The van der Waals surface area contributed by atoms with E-state index in [4.69, 9.17) is 4.74 Å². The Bertz CT molecular complexity index is 251. The second-order valence-corrected chi connectivity index (χ2v) is 3.81. The highest BCUT2D eigenvalue weighted by Crippen LogP contribution is 1.97. The van der Waals surface area contributed by atoms with Gasteiger partial charge in [0.2, 0.25) is 0 Å². The molecule has 84 valence electrons. The standard InChI is InChI=1S/C12H20N2O/c1-11(9-13-2)10-15-8-6-12-5-3-4-7-14-12/h3-5,7,11,13H,6,8-10H2,1-2H3.